The third-order valence-corrected chi connectivity index (χ3v) is 4.45. The summed E-state index contributed by atoms with van der Waals surface area (Å²) in [4.78, 5) is 8.14. The molecule has 2 aromatic heterocycles. The summed E-state index contributed by atoms with van der Waals surface area (Å²) in [6.45, 7) is 5.56. The Bertz CT molecular complexity index is 603. The Morgan fingerprint density at radius 2 is 2.53 bits per heavy atom. The Hall–Kier alpha value is -1.05. The number of piperidine rings is 1. The van der Waals surface area contributed by atoms with E-state index >= 15 is 0 Å². The Kier molecular flexibility index (Phi) is 3.76. The van der Waals surface area contributed by atoms with Crippen LogP contribution in [0.3, 0.4) is 0 Å². The van der Waals surface area contributed by atoms with Crippen molar-refractivity contribution in [3.8, 4) is 10.8 Å². The van der Waals surface area contributed by atoms with Crippen molar-refractivity contribution >= 4 is 23.6 Å². The zero-order chi connectivity index (χ0) is 13.2. The van der Waals surface area contributed by atoms with Crippen molar-refractivity contribution in [2.24, 2.45) is 5.92 Å². The third kappa shape index (κ3) is 3.10. The fraction of sp³-hybridized carbons (Fsp3) is 0.583. The average molecular weight is 296 g/mol. The zero-order valence-electron chi connectivity index (χ0n) is 10.8. The highest BCUT2D eigenvalue weighted by molar-refractivity contribution is 7.71. The van der Waals surface area contributed by atoms with Gasteiger partial charge in [-0.15, -0.1) is 16.4 Å². The van der Waals surface area contributed by atoms with Crippen LogP contribution in [-0.4, -0.2) is 33.2 Å². The fourth-order valence-corrected chi connectivity index (χ4v) is 3.45. The molecule has 0 aliphatic carbocycles. The first kappa shape index (κ1) is 13.0. The maximum Gasteiger partial charge on any atom is 0.284 e. The highest BCUT2D eigenvalue weighted by Crippen LogP contribution is 2.26. The summed E-state index contributed by atoms with van der Waals surface area (Å²) < 4.78 is 5.29. The van der Waals surface area contributed by atoms with E-state index in [0.717, 1.165) is 28.9 Å². The van der Waals surface area contributed by atoms with Crippen molar-refractivity contribution in [2.75, 3.05) is 13.1 Å². The molecule has 7 heteroatoms. The lowest BCUT2D eigenvalue weighted by molar-refractivity contribution is 0.176. The Morgan fingerprint density at radius 1 is 1.63 bits per heavy atom. The van der Waals surface area contributed by atoms with E-state index < -0.39 is 0 Å². The van der Waals surface area contributed by atoms with Crippen molar-refractivity contribution in [3.63, 3.8) is 0 Å². The highest BCUT2D eigenvalue weighted by atomic mass is 32.1. The number of H-pyrrole nitrogens is 1. The summed E-state index contributed by atoms with van der Waals surface area (Å²) in [7, 11) is 0. The van der Waals surface area contributed by atoms with E-state index in [0.29, 0.717) is 10.7 Å². The maximum absolute atomic E-state index is 5.29. The Morgan fingerprint density at radius 3 is 3.26 bits per heavy atom. The molecule has 5 nitrogen and oxygen atoms in total. The molecule has 1 unspecified atom stereocenters. The minimum Gasteiger partial charge on any atom is -0.408 e. The quantitative estimate of drug-likeness (QED) is 0.882. The molecule has 1 saturated heterocycles. The molecule has 1 fully saturated rings. The molecule has 0 amide bonds. The van der Waals surface area contributed by atoms with Gasteiger partial charge >= 0.3 is 0 Å². The first-order chi connectivity index (χ1) is 9.20. The lowest BCUT2D eigenvalue weighted by atomic mass is 10.0. The minimum atomic E-state index is 0.301. The van der Waals surface area contributed by atoms with E-state index in [4.69, 9.17) is 16.6 Å². The van der Waals surface area contributed by atoms with Crippen LogP contribution in [0.1, 0.15) is 24.8 Å². The van der Waals surface area contributed by atoms with Crippen LogP contribution >= 0.6 is 23.6 Å². The van der Waals surface area contributed by atoms with Crippen molar-refractivity contribution < 1.29 is 4.42 Å². The molecular weight excluding hydrogens is 280 g/mol. The summed E-state index contributed by atoms with van der Waals surface area (Å²) >= 11 is 6.49. The first-order valence-electron chi connectivity index (χ1n) is 6.43. The van der Waals surface area contributed by atoms with Crippen molar-refractivity contribution in [2.45, 2.75) is 26.3 Å². The molecule has 0 spiro atoms. The number of rotatable bonds is 3. The minimum absolute atomic E-state index is 0.301. The first-order valence-corrected chi connectivity index (χ1v) is 7.66. The van der Waals surface area contributed by atoms with Crippen molar-refractivity contribution in [1.82, 2.24) is 20.1 Å². The average Bonchev–Trinajstić information content (AvgIpc) is 2.98. The van der Waals surface area contributed by atoms with Crippen LogP contribution in [0.15, 0.2) is 10.6 Å². The summed E-state index contributed by atoms with van der Waals surface area (Å²) in [6, 6.07) is 0. The Balaban J connectivity index is 1.69. The van der Waals surface area contributed by atoms with Crippen LogP contribution in [0.2, 0.25) is 0 Å². The van der Waals surface area contributed by atoms with Gasteiger partial charge in [0, 0.05) is 6.54 Å². The summed E-state index contributed by atoms with van der Waals surface area (Å²) in [5, 5.41) is 7.75. The van der Waals surface area contributed by atoms with E-state index in [2.05, 4.69) is 27.0 Å². The van der Waals surface area contributed by atoms with E-state index in [1.807, 2.05) is 6.20 Å². The van der Waals surface area contributed by atoms with E-state index in [1.54, 1.807) is 11.3 Å². The van der Waals surface area contributed by atoms with Gasteiger partial charge in [0.05, 0.1) is 12.7 Å². The summed E-state index contributed by atoms with van der Waals surface area (Å²) in [5.41, 5.74) is 0. The fourth-order valence-electron chi connectivity index (χ4n) is 2.44. The van der Waals surface area contributed by atoms with Gasteiger partial charge in [0.2, 0.25) is 0 Å². The molecule has 2 aromatic rings. The topological polar surface area (TPSA) is 58.0 Å². The van der Waals surface area contributed by atoms with Gasteiger partial charge in [-0.05, 0) is 37.5 Å². The summed E-state index contributed by atoms with van der Waals surface area (Å²) in [6.07, 6.45) is 4.43. The number of hydrogen-bond acceptors (Lipinski definition) is 6. The van der Waals surface area contributed by atoms with E-state index in [1.165, 1.54) is 19.4 Å². The van der Waals surface area contributed by atoms with Crippen molar-refractivity contribution in [1.29, 1.82) is 0 Å². The molecule has 19 heavy (non-hydrogen) atoms. The highest BCUT2D eigenvalue weighted by Gasteiger charge is 2.18. The monoisotopic (exact) mass is 296 g/mol. The number of thiazole rings is 1. The standard InChI is InChI=1S/C12H16N4OS2/c1-8-3-2-4-16(6-8)7-10-13-5-9(19-10)11-14-15-12(18)17-11/h5,8H,2-4,6-7H2,1H3,(H,15,18). The molecule has 1 atom stereocenters. The molecule has 1 N–H and O–H groups in total. The van der Waals surface area contributed by atoms with Crippen LogP contribution in [0.4, 0.5) is 0 Å². The van der Waals surface area contributed by atoms with Crippen molar-refractivity contribution in [3.05, 3.63) is 16.0 Å². The van der Waals surface area contributed by atoms with Gasteiger partial charge in [-0.2, -0.15) is 0 Å². The lowest BCUT2D eigenvalue weighted by Gasteiger charge is -2.29. The van der Waals surface area contributed by atoms with Gasteiger partial charge in [-0.25, -0.2) is 10.1 Å². The predicted molar refractivity (Wildman–Crippen MR) is 76.5 cm³/mol. The van der Waals surface area contributed by atoms with Crippen LogP contribution < -0.4 is 0 Å². The molecule has 102 valence electrons. The van der Waals surface area contributed by atoms with Gasteiger partial charge in [0.15, 0.2) is 0 Å². The molecule has 3 rings (SSSR count). The van der Waals surface area contributed by atoms with Crippen LogP contribution in [0.5, 0.6) is 0 Å². The Labute approximate surface area is 120 Å². The number of nitrogens with one attached hydrogen (secondary N) is 1. The summed E-state index contributed by atoms with van der Waals surface area (Å²) in [5.74, 6) is 1.32. The number of likely N-dealkylation sites (tertiary alicyclic amines) is 1. The maximum atomic E-state index is 5.29. The van der Waals surface area contributed by atoms with Gasteiger partial charge in [-0.3, -0.25) is 4.90 Å². The van der Waals surface area contributed by atoms with E-state index in [-0.39, 0.29) is 0 Å². The van der Waals surface area contributed by atoms with Crippen LogP contribution in [-0.2, 0) is 6.54 Å². The zero-order valence-corrected chi connectivity index (χ0v) is 12.4. The largest absolute Gasteiger partial charge is 0.408 e. The van der Waals surface area contributed by atoms with Gasteiger partial charge < -0.3 is 4.42 Å². The van der Waals surface area contributed by atoms with E-state index in [9.17, 15) is 0 Å². The molecule has 0 aromatic carbocycles. The SMILES string of the molecule is CC1CCCN(Cc2ncc(-c3n[nH]c(=S)o3)s2)C1. The number of nitrogens with zero attached hydrogens (tertiary/aromatic N) is 3. The number of aromatic nitrogens is 3. The van der Waals surface area contributed by atoms with Gasteiger partial charge in [-0.1, -0.05) is 6.92 Å². The normalized spacial score (nSPS) is 20.8. The second-order valence-electron chi connectivity index (χ2n) is 5.02. The lowest BCUT2D eigenvalue weighted by Crippen LogP contribution is -2.33. The molecule has 0 radical (unpaired) electrons. The smallest absolute Gasteiger partial charge is 0.284 e. The second-order valence-corrected chi connectivity index (χ2v) is 6.51. The number of aromatic amines is 1. The van der Waals surface area contributed by atoms with Crippen LogP contribution in [0, 0.1) is 10.8 Å². The van der Waals surface area contributed by atoms with Gasteiger partial charge in [0.25, 0.3) is 10.7 Å². The molecule has 1 aliphatic rings. The molecular formula is C12H16N4OS2. The van der Waals surface area contributed by atoms with Gasteiger partial charge in [0.1, 0.15) is 9.88 Å². The predicted octanol–water partition coefficient (Wildman–Crippen LogP) is 3.09. The third-order valence-electron chi connectivity index (χ3n) is 3.30. The molecule has 3 heterocycles. The molecule has 1 aliphatic heterocycles. The van der Waals surface area contributed by atoms with Crippen LogP contribution in [0.25, 0.3) is 10.8 Å². The second kappa shape index (κ2) is 5.52. The number of hydrogen-bond donors (Lipinski definition) is 1. The molecule has 0 bridgehead atoms. The molecule has 0 saturated carbocycles.